The van der Waals surface area contributed by atoms with Gasteiger partial charge in [-0.1, -0.05) is 48.6 Å². The van der Waals surface area contributed by atoms with E-state index in [1.807, 2.05) is 85.8 Å². The molecule has 1 N–H and O–H groups in total. The summed E-state index contributed by atoms with van der Waals surface area (Å²) >= 11 is 2.21. The van der Waals surface area contributed by atoms with Crippen molar-refractivity contribution >= 4 is 40.3 Å². The number of hydrogen-bond acceptors (Lipinski definition) is 3. The van der Waals surface area contributed by atoms with Gasteiger partial charge in [0.1, 0.15) is 5.75 Å². The van der Waals surface area contributed by atoms with Gasteiger partial charge in [-0.25, -0.2) is 5.43 Å². The number of halogens is 1. The number of ether oxygens (including phenoxy) is 1. The zero-order valence-corrected chi connectivity index (χ0v) is 16.0. The van der Waals surface area contributed by atoms with Crippen LogP contribution in [0.25, 0.3) is 6.08 Å². The maximum Gasteiger partial charge on any atom is 0.277 e. The molecule has 1 amide bonds. The van der Waals surface area contributed by atoms with Crippen molar-refractivity contribution in [1.29, 1.82) is 0 Å². The van der Waals surface area contributed by atoms with Crippen LogP contribution in [0.2, 0.25) is 0 Å². The van der Waals surface area contributed by atoms with Gasteiger partial charge in [-0.2, -0.15) is 5.10 Å². The molecule has 0 saturated carbocycles. The topological polar surface area (TPSA) is 50.7 Å². The Hall–Kier alpha value is -2.41. The lowest BCUT2D eigenvalue weighted by atomic mass is 10.2. The molecule has 0 bridgehead atoms. The van der Waals surface area contributed by atoms with Crippen LogP contribution in [0, 0.1) is 3.57 Å². The molecule has 0 unspecified atom stereocenters. The van der Waals surface area contributed by atoms with Crippen LogP contribution in [-0.2, 0) is 4.79 Å². The van der Waals surface area contributed by atoms with Crippen LogP contribution >= 0.6 is 22.6 Å². The van der Waals surface area contributed by atoms with Crippen molar-refractivity contribution in [2.45, 2.75) is 6.92 Å². The summed E-state index contributed by atoms with van der Waals surface area (Å²) in [6, 6.07) is 17.5. The fourth-order valence-electron chi connectivity index (χ4n) is 1.83. The van der Waals surface area contributed by atoms with Gasteiger partial charge in [-0.3, -0.25) is 4.79 Å². The van der Waals surface area contributed by atoms with Crippen LogP contribution in [0.15, 0.2) is 77.9 Å². The molecule has 5 heteroatoms. The number of carbonyl (C=O) groups excluding carboxylic acids is 1. The molecule has 0 fully saturated rings. The Bertz CT molecular complexity index is 766. The zero-order chi connectivity index (χ0) is 17.9. The van der Waals surface area contributed by atoms with Gasteiger partial charge in [0.15, 0.2) is 6.61 Å². The predicted molar refractivity (Wildman–Crippen MR) is 111 cm³/mol. The van der Waals surface area contributed by atoms with Crippen molar-refractivity contribution in [2.24, 2.45) is 5.10 Å². The van der Waals surface area contributed by atoms with E-state index in [2.05, 4.69) is 33.1 Å². The van der Waals surface area contributed by atoms with E-state index in [1.165, 1.54) is 0 Å². The van der Waals surface area contributed by atoms with Crippen LogP contribution in [-0.4, -0.2) is 18.2 Å². The van der Waals surface area contributed by atoms with Crippen molar-refractivity contribution in [2.75, 3.05) is 6.61 Å². The number of hydrazone groups is 1. The molecule has 25 heavy (non-hydrogen) atoms. The quantitative estimate of drug-likeness (QED) is 0.296. The van der Waals surface area contributed by atoms with Gasteiger partial charge in [0.05, 0.1) is 5.71 Å². The van der Waals surface area contributed by atoms with Gasteiger partial charge < -0.3 is 4.74 Å². The van der Waals surface area contributed by atoms with E-state index in [0.717, 1.165) is 9.13 Å². The normalized spacial score (nSPS) is 11.8. The lowest BCUT2D eigenvalue weighted by Crippen LogP contribution is -2.25. The number of amides is 1. The van der Waals surface area contributed by atoms with Crippen molar-refractivity contribution < 1.29 is 9.53 Å². The molecule has 4 nitrogen and oxygen atoms in total. The number of hydrogen-bond donors (Lipinski definition) is 1. The molecule has 0 aliphatic carbocycles. The largest absolute Gasteiger partial charge is 0.484 e. The molecule has 0 saturated heterocycles. The average molecular weight is 446 g/mol. The van der Waals surface area contributed by atoms with Gasteiger partial charge >= 0.3 is 0 Å². The minimum Gasteiger partial charge on any atom is -0.484 e. The second kappa shape index (κ2) is 10.5. The summed E-state index contributed by atoms with van der Waals surface area (Å²) < 4.78 is 6.50. The Morgan fingerprint density at radius 3 is 2.56 bits per heavy atom. The van der Waals surface area contributed by atoms with E-state index in [4.69, 9.17) is 4.74 Å². The lowest BCUT2D eigenvalue weighted by molar-refractivity contribution is -0.123. The van der Waals surface area contributed by atoms with Crippen molar-refractivity contribution in [1.82, 2.24) is 5.43 Å². The fraction of sp³-hybridized carbons (Fsp3) is 0.100. The molecule has 0 radical (unpaired) electrons. The van der Waals surface area contributed by atoms with E-state index in [0.29, 0.717) is 11.5 Å². The third-order valence-electron chi connectivity index (χ3n) is 3.08. The van der Waals surface area contributed by atoms with Crippen molar-refractivity contribution in [3.8, 4) is 5.75 Å². The molecule has 2 aromatic carbocycles. The van der Waals surface area contributed by atoms with E-state index < -0.39 is 0 Å². The summed E-state index contributed by atoms with van der Waals surface area (Å²) in [7, 11) is 0. The van der Waals surface area contributed by atoms with Crippen molar-refractivity contribution in [3.05, 3.63) is 82.0 Å². The summed E-state index contributed by atoms with van der Waals surface area (Å²) in [5.41, 5.74) is 4.29. The molecule has 0 atom stereocenters. The molecular weight excluding hydrogens is 427 g/mol. The van der Waals surface area contributed by atoms with Gasteiger partial charge in [0.25, 0.3) is 5.91 Å². The van der Waals surface area contributed by atoms with Crippen LogP contribution in [0.1, 0.15) is 12.5 Å². The number of nitrogens with zero attached hydrogens (tertiary/aromatic N) is 1. The predicted octanol–water partition coefficient (Wildman–Crippen LogP) is 4.43. The Labute approximate surface area is 161 Å². The smallest absolute Gasteiger partial charge is 0.277 e. The summed E-state index contributed by atoms with van der Waals surface area (Å²) in [5, 5.41) is 4.01. The highest BCUT2D eigenvalue weighted by molar-refractivity contribution is 14.1. The summed E-state index contributed by atoms with van der Waals surface area (Å²) in [4.78, 5) is 11.7. The summed E-state index contributed by atoms with van der Waals surface area (Å²) in [6.07, 6.45) is 7.62. The lowest BCUT2D eigenvalue weighted by Gasteiger charge is -2.05. The second-order valence-electron chi connectivity index (χ2n) is 5.16. The average Bonchev–Trinajstić information content (AvgIpc) is 2.64. The Morgan fingerprint density at radius 1 is 1.12 bits per heavy atom. The fourth-order valence-corrected chi connectivity index (χ4v) is 2.18. The molecule has 0 heterocycles. The first kappa shape index (κ1) is 18.9. The van der Waals surface area contributed by atoms with Gasteiger partial charge in [0.2, 0.25) is 0 Å². The third-order valence-corrected chi connectivity index (χ3v) is 3.80. The van der Waals surface area contributed by atoms with Crippen LogP contribution in [0.5, 0.6) is 5.75 Å². The standard InChI is InChI=1S/C20H19IN2O2/c1-16(7-5-6-10-17-8-3-2-4-9-17)22-23-20(24)15-25-19-13-11-18(21)12-14-19/h2-14H,15H2,1H3,(H,23,24)/b7-5+,10-6+,22-16-. The molecule has 128 valence electrons. The van der Waals surface area contributed by atoms with Crippen LogP contribution in [0.3, 0.4) is 0 Å². The maximum absolute atomic E-state index is 11.7. The minimum absolute atomic E-state index is 0.0744. The number of allylic oxidation sites excluding steroid dienone is 3. The number of carbonyl (C=O) groups is 1. The zero-order valence-electron chi connectivity index (χ0n) is 13.9. The number of rotatable bonds is 7. The third kappa shape index (κ3) is 7.80. The second-order valence-corrected chi connectivity index (χ2v) is 6.41. The van der Waals surface area contributed by atoms with Gasteiger partial charge in [-0.15, -0.1) is 0 Å². The SMILES string of the molecule is CC(/C=C/C=C/c1ccccc1)=N/NC(=O)COc1ccc(I)cc1. The van der Waals surface area contributed by atoms with Crippen LogP contribution in [0.4, 0.5) is 0 Å². The molecule has 2 rings (SSSR count). The van der Waals surface area contributed by atoms with E-state index in [1.54, 1.807) is 0 Å². The Balaban J connectivity index is 1.74. The molecule has 0 aliphatic rings. The molecule has 2 aromatic rings. The summed E-state index contributed by atoms with van der Waals surface area (Å²) in [5.74, 6) is 0.355. The van der Waals surface area contributed by atoms with Crippen LogP contribution < -0.4 is 10.2 Å². The van der Waals surface area contributed by atoms with E-state index in [9.17, 15) is 4.79 Å². The minimum atomic E-state index is -0.300. The van der Waals surface area contributed by atoms with E-state index >= 15 is 0 Å². The van der Waals surface area contributed by atoms with Crippen molar-refractivity contribution in [3.63, 3.8) is 0 Å². The summed E-state index contributed by atoms with van der Waals surface area (Å²) in [6.45, 7) is 1.74. The van der Waals surface area contributed by atoms with Gasteiger partial charge in [0, 0.05) is 3.57 Å². The highest BCUT2D eigenvalue weighted by atomic mass is 127. The Kier molecular flexibility index (Phi) is 7.91. The maximum atomic E-state index is 11.7. The molecular formula is C20H19IN2O2. The molecule has 0 aliphatic heterocycles. The van der Waals surface area contributed by atoms with E-state index in [-0.39, 0.29) is 12.5 Å². The molecule has 0 spiro atoms. The number of benzene rings is 2. The van der Waals surface area contributed by atoms with Gasteiger partial charge in [-0.05, 0) is 65.4 Å². The number of nitrogens with one attached hydrogen (secondary N) is 1. The first-order valence-electron chi connectivity index (χ1n) is 7.75. The highest BCUT2D eigenvalue weighted by Gasteiger charge is 2.01. The first-order chi connectivity index (χ1) is 12.1. The molecule has 0 aromatic heterocycles. The first-order valence-corrected chi connectivity index (χ1v) is 8.82. The monoisotopic (exact) mass is 446 g/mol. The Morgan fingerprint density at radius 2 is 1.84 bits per heavy atom. The highest BCUT2D eigenvalue weighted by Crippen LogP contribution is 2.13.